The van der Waals surface area contributed by atoms with Crippen LogP contribution in [0.1, 0.15) is 20.3 Å². The number of allylic oxidation sites excluding steroid dienone is 2. The molecular weight excluding hydrogens is 485 g/mol. The summed E-state index contributed by atoms with van der Waals surface area (Å²) in [6, 6.07) is 7.10. The third kappa shape index (κ3) is 6.69. The summed E-state index contributed by atoms with van der Waals surface area (Å²) in [7, 11) is -8.20. The van der Waals surface area contributed by atoms with E-state index in [1.165, 1.54) is 18.2 Å². The summed E-state index contributed by atoms with van der Waals surface area (Å²) in [6.07, 6.45) is 5.96. The summed E-state index contributed by atoms with van der Waals surface area (Å²) < 4.78 is 57.4. The molecule has 1 aromatic rings. The lowest BCUT2D eigenvalue weighted by Crippen LogP contribution is -2.56. The number of nitrogens with zero attached hydrogens (tertiary/aromatic N) is 3. The van der Waals surface area contributed by atoms with Gasteiger partial charge in [-0.1, -0.05) is 41.5 Å². The van der Waals surface area contributed by atoms with Gasteiger partial charge in [-0.25, -0.2) is 17.7 Å². The van der Waals surface area contributed by atoms with Crippen LogP contribution in [0.4, 0.5) is 4.79 Å². The Morgan fingerprint density at radius 3 is 2.47 bits per heavy atom. The molecule has 0 saturated carbocycles. The Morgan fingerprint density at radius 1 is 1.18 bits per heavy atom. The Labute approximate surface area is 198 Å². The van der Waals surface area contributed by atoms with Gasteiger partial charge in [0.25, 0.3) is 15.0 Å². The van der Waals surface area contributed by atoms with Gasteiger partial charge in [-0.15, -0.1) is 0 Å². The van der Waals surface area contributed by atoms with Gasteiger partial charge in [0.05, 0.1) is 13.2 Å². The Bertz CT molecular complexity index is 1080. The minimum Gasteiger partial charge on any atom is -0.465 e. The van der Waals surface area contributed by atoms with Gasteiger partial charge in [-0.05, 0) is 44.0 Å². The molecule has 1 aliphatic carbocycles. The number of carbonyl (C=O) groups excluding carboxylic acids is 1. The van der Waals surface area contributed by atoms with Crippen molar-refractivity contribution in [3.05, 3.63) is 65.1 Å². The van der Waals surface area contributed by atoms with E-state index in [1.54, 1.807) is 50.3 Å². The number of carbonyl (C=O) groups is 1. The van der Waals surface area contributed by atoms with Crippen molar-refractivity contribution in [1.29, 1.82) is 0 Å². The second kappa shape index (κ2) is 12.7. The van der Waals surface area contributed by atoms with Crippen LogP contribution < -0.4 is 14.8 Å². The SMILES string of the molecule is CCOP(=O)(OCC)C(=O)NCCCNS(=O)(=O)C1(Oc2ccccc2)C=CC=CC1N=[N+]=[N-]. The van der Waals surface area contributed by atoms with Crippen molar-refractivity contribution in [3.8, 4) is 5.75 Å². The predicted octanol–water partition coefficient (Wildman–Crippen LogP) is 3.85. The normalized spacial score (nSPS) is 19.9. The van der Waals surface area contributed by atoms with Crippen molar-refractivity contribution in [3.63, 3.8) is 0 Å². The second-order valence-electron chi connectivity index (χ2n) is 6.85. The van der Waals surface area contributed by atoms with Crippen molar-refractivity contribution >= 4 is 23.3 Å². The Kier molecular flexibility index (Phi) is 10.3. The van der Waals surface area contributed by atoms with Crippen LogP contribution in [-0.4, -0.2) is 51.3 Å². The maximum atomic E-state index is 13.3. The quantitative estimate of drug-likeness (QED) is 0.125. The number of hydrogen-bond donors (Lipinski definition) is 2. The molecular formula is C20H28N5O7PS. The molecule has 0 saturated heterocycles. The van der Waals surface area contributed by atoms with Gasteiger partial charge in [-0.3, -0.25) is 4.79 Å². The molecule has 1 aromatic carbocycles. The zero-order chi connectivity index (χ0) is 25.1. The van der Waals surface area contributed by atoms with Crippen LogP contribution in [0.3, 0.4) is 0 Å². The Balaban J connectivity index is 2.10. The van der Waals surface area contributed by atoms with Crippen molar-refractivity contribution in [2.45, 2.75) is 31.2 Å². The lowest BCUT2D eigenvalue weighted by atomic mass is 10.1. The molecule has 0 aromatic heterocycles. The van der Waals surface area contributed by atoms with Gasteiger partial charge < -0.3 is 19.1 Å². The average Bonchev–Trinajstić information content (AvgIpc) is 2.81. The molecule has 186 valence electrons. The minimum atomic E-state index is -4.25. The molecule has 2 unspecified atom stereocenters. The monoisotopic (exact) mass is 513 g/mol. The number of nitrogens with one attached hydrogen (secondary N) is 2. The number of benzene rings is 1. The maximum Gasteiger partial charge on any atom is 0.418 e. The molecule has 34 heavy (non-hydrogen) atoms. The number of amides is 1. The average molecular weight is 514 g/mol. The highest BCUT2D eigenvalue weighted by atomic mass is 32.2. The first kappa shape index (κ1) is 27.6. The number of rotatable bonds is 14. The lowest BCUT2D eigenvalue weighted by Gasteiger charge is -2.35. The number of azide groups is 1. The van der Waals surface area contributed by atoms with Crippen LogP contribution in [-0.2, 0) is 23.6 Å². The number of ether oxygens (including phenoxy) is 1. The summed E-state index contributed by atoms with van der Waals surface area (Å²) in [5.74, 6) is 0.265. The predicted molar refractivity (Wildman–Crippen MR) is 127 cm³/mol. The third-order valence-corrected chi connectivity index (χ3v) is 8.27. The zero-order valence-corrected chi connectivity index (χ0v) is 20.6. The van der Waals surface area contributed by atoms with Gasteiger partial charge in [0.2, 0.25) is 0 Å². The van der Waals surface area contributed by atoms with E-state index in [4.69, 9.17) is 19.3 Å². The van der Waals surface area contributed by atoms with Crippen LogP contribution in [0, 0.1) is 0 Å². The first-order chi connectivity index (χ1) is 16.2. The molecule has 12 nitrogen and oxygen atoms in total. The summed E-state index contributed by atoms with van der Waals surface area (Å²) in [4.78, 5) is 12.9. The van der Waals surface area contributed by atoms with Crippen LogP contribution in [0.25, 0.3) is 10.4 Å². The van der Waals surface area contributed by atoms with Crippen molar-refractivity contribution in [1.82, 2.24) is 10.0 Å². The van der Waals surface area contributed by atoms with Gasteiger partial charge >= 0.3 is 13.2 Å². The van der Waals surface area contributed by atoms with Gasteiger partial charge in [0.15, 0.2) is 0 Å². The molecule has 0 aliphatic heterocycles. The third-order valence-electron chi connectivity index (χ3n) is 4.53. The summed E-state index contributed by atoms with van der Waals surface area (Å²) in [5.41, 5.74) is 8.07. The molecule has 0 radical (unpaired) electrons. The molecule has 0 bridgehead atoms. The van der Waals surface area contributed by atoms with E-state index in [0.29, 0.717) is 0 Å². The minimum absolute atomic E-state index is 0.00749. The van der Waals surface area contributed by atoms with E-state index in [2.05, 4.69) is 20.1 Å². The van der Waals surface area contributed by atoms with Crippen LogP contribution >= 0.6 is 7.60 Å². The highest BCUT2D eigenvalue weighted by molar-refractivity contribution is 7.91. The molecule has 14 heteroatoms. The number of hydrogen-bond acceptors (Lipinski definition) is 8. The molecule has 0 spiro atoms. The largest absolute Gasteiger partial charge is 0.465 e. The van der Waals surface area contributed by atoms with Crippen molar-refractivity contribution in [2.75, 3.05) is 26.3 Å². The van der Waals surface area contributed by atoms with E-state index < -0.39 is 34.2 Å². The first-order valence-electron chi connectivity index (χ1n) is 10.6. The fourth-order valence-corrected chi connectivity index (χ4v) is 5.87. The highest BCUT2D eigenvalue weighted by Crippen LogP contribution is 2.48. The second-order valence-corrected chi connectivity index (χ2v) is 10.7. The summed E-state index contributed by atoms with van der Waals surface area (Å²) in [6.45, 7) is 3.15. The first-order valence-corrected chi connectivity index (χ1v) is 13.6. The summed E-state index contributed by atoms with van der Waals surface area (Å²) >= 11 is 0. The molecule has 1 amide bonds. The number of para-hydroxylation sites is 1. The molecule has 1 aliphatic rings. The van der Waals surface area contributed by atoms with E-state index in [-0.39, 0.29) is 38.5 Å². The number of sulfonamides is 1. The van der Waals surface area contributed by atoms with E-state index >= 15 is 0 Å². The summed E-state index contributed by atoms with van der Waals surface area (Å²) in [5, 5.41) is 6.04. The van der Waals surface area contributed by atoms with Crippen LogP contribution in [0.15, 0.2) is 59.8 Å². The van der Waals surface area contributed by atoms with Crippen molar-refractivity contribution < 1.29 is 31.6 Å². The fourth-order valence-electron chi connectivity index (χ4n) is 3.03. The fraction of sp³-hybridized carbons (Fsp3) is 0.450. The standard InChI is InChI=1S/C20H28N5O7PS/c1-3-30-33(27,31-4-2)19(26)22-15-10-16-23-34(28,29)20(32-17-11-6-5-7-12-17)14-9-8-13-18(20)24-25-21/h5-9,11-14,18,23H,3-4,10,15-16H2,1-2H3,(H,22,26). The zero-order valence-electron chi connectivity index (χ0n) is 18.9. The maximum absolute atomic E-state index is 13.3. The molecule has 2 N–H and O–H groups in total. The lowest BCUT2D eigenvalue weighted by molar-refractivity contribution is 0.182. The van der Waals surface area contributed by atoms with Gasteiger partial charge in [0, 0.05) is 18.0 Å². The van der Waals surface area contributed by atoms with Crippen LogP contribution in [0.2, 0.25) is 0 Å². The Morgan fingerprint density at radius 2 is 1.85 bits per heavy atom. The van der Waals surface area contributed by atoms with E-state index in [9.17, 15) is 17.8 Å². The van der Waals surface area contributed by atoms with Crippen molar-refractivity contribution in [2.24, 2.45) is 5.11 Å². The van der Waals surface area contributed by atoms with Crippen LogP contribution in [0.5, 0.6) is 5.75 Å². The molecule has 0 heterocycles. The molecule has 2 rings (SSSR count). The molecule has 2 atom stereocenters. The van der Waals surface area contributed by atoms with Gasteiger partial charge in [0.1, 0.15) is 11.8 Å². The Hall–Kier alpha value is -2.66. The molecule has 0 fully saturated rings. The highest BCUT2D eigenvalue weighted by Gasteiger charge is 2.50. The van der Waals surface area contributed by atoms with E-state index in [0.717, 1.165) is 0 Å². The smallest absolute Gasteiger partial charge is 0.418 e. The van der Waals surface area contributed by atoms with E-state index in [1.807, 2.05) is 0 Å². The van der Waals surface area contributed by atoms with Gasteiger partial charge in [-0.2, -0.15) is 0 Å². The topological polar surface area (TPSA) is 169 Å².